The first-order chi connectivity index (χ1) is 17.5. The average molecular weight is 528 g/mol. The fraction of sp³-hybridized carbons (Fsp3) is 0.556. The molecule has 2 amide bonds. The number of aryl methyl sites for hydroxylation is 1. The number of rotatable bonds is 10. The van der Waals surface area contributed by atoms with Gasteiger partial charge in [0, 0.05) is 79.3 Å². The number of nitrogens with one attached hydrogen (secondary N) is 2. The highest BCUT2D eigenvalue weighted by molar-refractivity contribution is 6.35. The summed E-state index contributed by atoms with van der Waals surface area (Å²) in [7, 11) is 0. The Labute approximate surface area is 223 Å². The first kappa shape index (κ1) is 27.0. The van der Waals surface area contributed by atoms with Gasteiger partial charge in [-0.25, -0.2) is 0 Å². The monoisotopic (exact) mass is 527 g/mol. The maximum atomic E-state index is 12.1. The van der Waals surface area contributed by atoms with E-state index in [0.717, 1.165) is 49.2 Å². The van der Waals surface area contributed by atoms with Crippen LogP contribution in [-0.4, -0.2) is 70.8 Å². The van der Waals surface area contributed by atoms with E-state index in [-0.39, 0.29) is 17.4 Å². The van der Waals surface area contributed by atoms with E-state index in [9.17, 15) is 9.59 Å². The predicted molar refractivity (Wildman–Crippen MR) is 148 cm³/mol. The number of carbonyl (C=O) groups is 2. The lowest BCUT2D eigenvalue weighted by Crippen LogP contribution is -2.61. The Morgan fingerprint density at radius 2 is 2.03 bits per heavy atom. The Kier molecular flexibility index (Phi) is 7.55. The van der Waals surface area contributed by atoms with E-state index in [1.165, 1.54) is 6.21 Å². The predicted octanol–water partition coefficient (Wildman–Crippen LogP) is 4.11. The zero-order chi connectivity index (χ0) is 27.1. The summed E-state index contributed by atoms with van der Waals surface area (Å²) in [6, 6.07) is 2.02. The molecule has 1 aromatic carbocycles. The summed E-state index contributed by atoms with van der Waals surface area (Å²) < 4.78 is 2.06. The van der Waals surface area contributed by atoms with Gasteiger partial charge in [-0.3, -0.25) is 14.3 Å². The minimum absolute atomic E-state index is 0.0441. The molecule has 4 N–H and O–H groups in total. The lowest BCUT2D eigenvalue weighted by atomic mass is 9.61. The number of anilines is 2. The number of halogens is 1. The van der Waals surface area contributed by atoms with Gasteiger partial charge in [0.1, 0.15) is 0 Å². The molecule has 2 fully saturated rings. The van der Waals surface area contributed by atoms with E-state index in [1.54, 1.807) is 13.0 Å². The molecule has 1 aromatic heterocycles. The number of aromatic nitrogens is 2. The maximum Gasteiger partial charge on any atom is 0.219 e. The third-order valence-corrected chi connectivity index (χ3v) is 8.16. The molecule has 0 atom stereocenters. The molecule has 1 saturated heterocycles. The molecular weight excluding hydrogens is 490 g/mol. The zero-order valence-corrected chi connectivity index (χ0v) is 23.2. The highest BCUT2D eigenvalue weighted by Crippen LogP contribution is 2.55. The number of carbonyl (C=O) groups excluding carboxylic acids is 2. The number of hydrogen-bond donors (Lipinski definition) is 3. The Bertz CT molecular complexity index is 1210. The molecule has 200 valence electrons. The van der Waals surface area contributed by atoms with E-state index >= 15 is 0 Å². The molecule has 1 saturated carbocycles. The Balaban J connectivity index is 1.68. The summed E-state index contributed by atoms with van der Waals surface area (Å²) in [5.41, 5.74) is 10.9. The van der Waals surface area contributed by atoms with Crippen molar-refractivity contribution in [2.45, 2.75) is 53.5 Å². The third kappa shape index (κ3) is 5.06. The second kappa shape index (κ2) is 10.4. The SMILES string of the molecule is CC(=O)N(CCNc1nn(C2CC3(C2)CN(C=O)C3)c(C)c1-c1c(Cl)c(C)cc(N)c1C=N)CC(C)C. The molecule has 1 spiro atoms. The van der Waals surface area contributed by atoms with E-state index in [1.807, 2.05) is 23.6 Å². The molecule has 2 heterocycles. The molecular formula is C27H38ClN7O2. The summed E-state index contributed by atoms with van der Waals surface area (Å²) >= 11 is 6.84. The van der Waals surface area contributed by atoms with Gasteiger partial charge in [-0.05, 0) is 44.2 Å². The molecule has 4 rings (SSSR count). The molecule has 1 aliphatic heterocycles. The molecule has 0 unspecified atom stereocenters. The van der Waals surface area contributed by atoms with Crippen LogP contribution in [0, 0.1) is 30.6 Å². The minimum Gasteiger partial charge on any atom is -0.398 e. The van der Waals surface area contributed by atoms with Crippen molar-refractivity contribution in [2.75, 3.05) is 43.8 Å². The first-order valence-corrected chi connectivity index (χ1v) is 13.2. The number of amides is 2. The van der Waals surface area contributed by atoms with Crippen LogP contribution in [0.4, 0.5) is 11.5 Å². The van der Waals surface area contributed by atoms with Gasteiger partial charge in [0.05, 0.1) is 11.1 Å². The number of nitrogen functional groups attached to an aromatic ring is 1. The van der Waals surface area contributed by atoms with Crippen LogP contribution in [0.25, 0.3) is 11.1 Å². The average Bonchev–Trinajstić information content (AvgIpc) is 3.08. The highest BCUT2D eigenvalue weighted by Gasteiger charge is 2.53. The Hall–Kier alpha value is -3.07. The topological polar surface area (TPSA) is 120 Å². The fourth-order valence-corrected chi connectivity index (χ4v) is 6.17. The summed E-state index contributed by atoms with van der Waals surface area (Å²) in [5, 5.41) is 17.1. The van der Waals surface area contributed by atoms with Gasteiger partial charge >= 0.3 is 0 Å². The van der Waals surface area contributed by atoms with Crippen molar-refractivity contribution >= 4 is 41.6 Å². The van der Waals surface area contributed by atoms with Crippen molar-refractivity contribution in [2.24, 2.45) is 11.3 Å². The molecule has 2 aromatic rings. The van der Waals surface area contributed by atoms with E-state index < -0.39 is 0 Å². The third-order valence-electron chi connectivity index (χ3n) is 7.68. The maximum absolute atomic E-state index is 12.1. The van der Waals surface area contributed by atoms with E-state index in [2.05, 4.69) is 23.8 Å². The number of hydrogen-bond acceptors (Lipinski definition) is 6. The number of nitrogens with zero attached hydrogens (tertiary/aromatic N) is 4. The van der Waals surface area contributed by atoms with Crippen molar-refractivity contribution in [1.82, 2.24) is 19.6 Å². The van der Waals surface area contributed by atoms with Crippen molar-refractivity contribution in [1.29, 1.82) is 5.41 Å². The van der Waals surface area contributed by atoms with Gasteiger partial charge in [0.2, 0.25) is 12.3 Å². The first-order valence-electron chi connectivity index (χ1n) is 12.9. The number of likely N-dealkylation sites (tertiary alicyclic amines) is 1. The van der Waals surface area contributed by atoms with Crippen LogP contribution in [0.3, 0.4) is 0 Å². The second-order valence-electron chi connectivity index (χ2n) is 11.1. The number of benzene rings is 1. The standard InChI is InChI=1S/C27H38ClN7O2/c1-16(2)12-34(19(5)37)7-6-31-26-23(24-21(11-29)22(30)8-17(3)25(24)28)18(4)35(32-26)20-9-27(10-20)13-33(14-27)15-36/h8,11,15-16,20,29H,6-7,9-10,12-14,30H2,1-5H3,(H,31,32). The smallest absolute Gasteiger partial charge is 0.219 e. The molecule has 2 aliphatic rings. The number of nitrogens with two attached hydrogens (primary N) is 1. The molecule has 10 heteroatoms. The Morgan fingerprint density at radius 1 is 1.35 bits per heavy atom. The van der Waals surface area contributed by atoms with Gasteiger partial charge in [0.25, 0.3) is 0 Å². The molecule has 1 aliphatic carbocycles. The van der Waals surface area contributed by atoms with Gasteiger partial charge in [0.15, 0.2) is 5.82 Å². The van der Waals surface area contributed by atoms with Crippen LogP contribution < -0.4 is 11.1 Å². The van der Waals surface area contributed by atoms with Gasteiger partial charge in [-0.2, -0.15) is 5.10 Å². The van der Waals surface area contributed by atoms with E-state index in [0.29, 0.717) is 53.2 Å². The zero-order valence-electron chi connectivity index (χ0n) is 22.4. The van der Waals surface area contributed by atoms with E-state index in [4.69, 9.17) is 27.8 Å². The van der Waals surface area contributed by atoms with Crippen LogP contribution in [-0.2, 0) is 9.59 Å². The van der Waals surface area contributed by atoms with Gasteiger partial charge < -0.3 is 26.3 Å². The summed E-state index contributed by atoms with van der Waals surface area (Å²) in [4.78, 5) is 26.9. The van der Waals surface area contributed by atoms with Crippen molar-refractivity contribution in [3.05, 3.63) is 27.9 Å². The Morgan fingerprint density at radius 3 is 2.59 bits per heavy atom. The normalized spacial score (nSPS) is 16.5. The van der Waals surface area contributed by atoms with Crippen LogP contribution in [0.1, 0.15) is 56.5 Å². The van der Waals surface area contributed by atoms with Crippen LogP contribution >= 0.6 is 11.6 Å². The lowest BCUT2D eigenvalue weighted by molar-refractivity contribution is -0.140. The highest BCUT2D eigenvalue weighted by atomic mass is 35.5. The summed E-state index contributed by atoms with van der Waals surface area (Å²) in [6.45, 7) is 13.1. The van der Waals surface area contributed by atoms with Gasteiger partial charge in [-0.1, -0.05) is 25.4 Å². The van der Waals surface area contributed by atoms with Crippen LogP contribution in [0.15, 0.2) is 6.07 Å². The van der Waals surface area contributed by atoms with Crippen molar-refractivity contribution in [3.8, 4) is 11.1 Å². The quantitative estimate of drug-likeness (QED) is 0.244. The lowest BCUT2D eigenvalue weighted by Gasteiger charge is -2.58. The fourth-order valence-electron chi connectivity index (χ4n) is 5.92. The molecule has 9 nitrogen and oxygen atoms in total. The second-order valence-corrected chi connectivity index (χ2v) is 11.5. The van der Waals surface area contributed by atoms with Crippen molar-refractivity contribution in [3.63, 3.8) is 0 Å². The van der Waals surface area contributed by atoms with Crippen LogP contribution in [0.5, 0.6) is 0 Å². The molecule has 0 bridgehead atoms. The summed E-state index contributed by atoms with van der Waals surface area (Å²) in [6.07, 6.45) is 4.10. The molecule has 0 radical (unpaired) electrons. The van der Waals surface area contributed by atoms with Crippen LogP contribution in [0.2, 0.25) is 5.02 Å². The van der Waals surface area contributed by atoms with Gasteiger partial charge in [-0.15, -0.1) is 0 Å². The minimum atomic E-state index is 0.0441. The van der Waals surface area contributed by atoms with Crippen molar-refractivity contribution < 1.29 is 9.59 Å². The molecule has 37 heavy (non-hydrogen) atoms. The largest absolute Gasteiger partial charge is 0.398 e. The summed E-state index contributed by atoms with van der Waals surface area (Å²) in [5.74, 6) is 1.09.